The number of carbonyl (C=O) groups is 1. The van der Waals surface area contributed by atoms with E-state index in [1.165, 1.54) is 19.3 Å². The van der Waals surface area contributed by atoms with E-state index < -0.39 is 0 Å². The second kappa shape index (κ2) is 12.1. The lowest BCUT2D eigenvalue weighted by Gasteiger charge is -2.20. The lowest BCUT2D eigenvalue weighted by molar-refractivity contribution is -0.130. The van der Waals surface area contributed by atoms with E-state index in [-0.39, 0.29) is 0 Å². The average Bonchev–Trinajstić information content (AvgIpc) is 3.44. The Kier molecular flexibility index (Phi) is 9.70. The summed E-state index contributed by atoms with van der Waals surface area (Å²) in [4.78, 5) is 18.6. The summed E-state index contributed by atoms with van der Waals surface area (Å²) in [5, 5.41) is 6.64. The molecule has 1 heterocycles. The summed E-state index contributed by atoms with van der Waals surface area (Å²) >= 11 is 0. The first-order chi connectivity index (χ1) is 12.3. The molecule has 1 aliphatic carbocycles. The molecule has 0 aromatic carbocycles. The van der Waals surface area contributed by atoms with E-state index in [1.54, 1.807) is 0 Å². The van der Waals surface area contributed by atoms with Crippen molar-refractivity contribution in [2.24, 2.45) is 10.9 Å². The SMILES string of the molecule is CCNC(=NCCCN1CCCCCC1=O)NCCCOCC1CC1. The molecule has 6 nitrogen and oxygen atoms in total. The third-order valence-electron chi connectivity index (χ3n) is 4.68. The molecule has 25 heavy (non-hydrogen) atoms. The summed E-state index contributed by atoms with van der Waals surface area (Å²) < 4.78 is 5.65. The van der Waals surface area contributed by atoms with Gasteiger partial charge in [0, 0.05) is 52.4 Å². The van der Waals surface area contributed by atoms with Gasteiger partial charge >= 0.3 is 0 Å². The predicted octanol–water partition coefficient (Wildman–Crippen LogP) is 2.15. The highest BCUT2D eigenvalue weighted by molar-refractivity contribution is 5.79. The summed E-state index contributed by atoms with van der Waals surface area (Å²) in [6.07, 6.45) is 8.70. The number of likely N-dealkylation sites (tertiary alicyclic amines) is 1. The molecule has 1 saturated carbocycles. The number of nitrogens with zero attached hydrogens (tertiary/aromatic N) is 2. The number of nitrogens with one attached hydrogen (secondary N) is 2. The highest BCUT2D eigenvalue weighted by atomic mass is 16.5. The molecule has 0 radical (unpaired) electrons. The first-order valence-corrected chi connectivity index (χ1v) is 10.2. The maximum atomic E-state index is 12.0. The normalized spacial score (nSPS) is 19.0. The maximum Gasteiger partial charge on any atom is 0.222 e. The molecule has 0 bridgehead atoms. The first kappa shape index (κ1) is 20.0. The van der Waals surface area contributed by atoms with Crippen molar-refractivity contribution in [3.05, 3.63) is 0 Å². The monoisotopic (exact) mass is 352 g/mol. The fourth-order valence-electron chi connectivity index (χ4n) is 2.98. The van der Waals surface area contributed by atoms with E-state index in [9.17, 15) is 4.79 Å². The molecule has 1 amide bonds. The van der Waals surface area contributed by atoms with Crippen molar-refractivity contribution in [3.63, 3.8) is 0 Å². The smallest absolute Gasteiger partial charge is 0.222 e. The van der Waals surface area contributed by atoms with E-state index in [0.717, 1.165) is 89.9 Å². The third kappa shape index (κ3) is 9.10. The van der Waals surface area contributed by atoms with Gasteiger partial charge in [-0.1, -0.05) is 6.42 Å². The summed E-state index contributed by atoms with van der Waals surface area (Å²) in [6, 6.07) is 0. The lowest BCUT2D eigenvalue weighted by Crippen LogP contribution is -2.38. The number of guanidine groups is 1. The van der Waals surface area contributed by atoms with Crippen molar-refractivity contribution in [1.82, 2.24) is 15.5 Å². The Morgan fingerprint density at radius 2 is 2.12 bits per heavy atom. The van der Waals surface area contributed by atoms with Crippen LogP contribution in [-0.2, 0) is 9.53 Å². The number of ether oxygens (including phenoxy) is 1. The highest BCUT2D eigenvalue weighted by Crippen LogP contribution is 2.28. The van der Waals surface area contributed by atoms with Crippen LogP contribution in [0.1, 0.15) is 58.3 Å². The molecule has 2 aliphatic rings. The summed E-state index contributed by atoms with van der Waals surface area (Å²) in [7, 11) is 0. The van der Waals surface area contributed by atoms with Gasteiger partial charge in [-0.2, -0.15) is 0 Å². The van der Waals surface area contributed by atoms with Crippen molar-refractivity contribution >= 4 is 11.9 Å². The molecule has 144 valence electrons. The van der Waals surface area contributed by atoms with Gasteiger partial charge in [-0.05, 0) is 51.4 Å². The van der Waals surface area contributed by atoms with E-state index in [1.807, 2.05) is 4.90 Å². The van der Waals surface area contributed by atoms with Crippen LogP contribution in [0.3, 0.4) is 0 Å². The van der Waals surface area contributed by atoms with Crippen LogP contribution in [0.5, 0.6) is 0 Å². The zero-order chi connectivity index (χ0) is 17.7. The molecular weight excluding hydrogens is 316 g/mol. The van der Waals surface area contributed by atoms with Gasteiger partial charge in [-0.15, -0.1) is 0 Å². The maximum absolute atomic E-state index is 12.0. The quantitative estimate of drug-likeness (QED) is 0.340. The van der Waals surface area contributed by atoms with Gasteiger partial charge in [-0.25, -0.2) is 0 Å². The van der Waals surface area contributed by atoms with Crippen molar-refractivity contribution in [3.8, 4) is 0 Å². The minimum Gasteiger partial charge on any atom is -0.381 e. The molecule has 2 N–H and O–H groups in total. The molecule has 0 spiro atoms. The summed E-state index contributed by atoms with van der Waals surface area (Å²) in [5.41, 5.74) is 0. The van der Waals surface area contributed by atoms with Crippen molar-refractivity contribution < 1.29 is 9.53 Å². The fraction of sp³-hybridized carbons (Fsp3) is 0.895. The lowest BCUT2D eigenvalue weighted by atomic mass is 10.2. The van der Waals surface area contributed by atoms with Crippen LogP contribution in [0.4, 0.5) is 0 Å². The molecule has 0 aromatic heterocycles. The first-order valence-electron chi connectivity index (χ1n) is 10.2. The highest BCUT2D eigenvalue weighted by Gasteiger charge is 2.20. The molecule has 0 atom stereocenters. The number of carbonyl (C=O) groups excluding carboxylic acids is 1. The van der Waals surface area contributed by atoms with Gasteiger partial charge in [0.2, 0.25) is 5.91 Å². The second-order valence-corrected chi connectivity index (χ2v) is 7.10. The van der Waals surface area contributed by atoms with E-state index in [0.29, 0.717) is 5.91 Å². The Balaban J connectivity index is 1.56. The number of amides is 1. The molecule has 0 aromatic rings. The fourth-order valence-corrected chi connectivity index (χ4v) is 2.98. The van der Waals surface area contributed by atoms with Gasteiger partial charge in [0.15, 0.2) is 5.96 Å². The van der Waals surface area contributed by atoms with E-state index >= 15 is 0 Å². The van der Waals surface area contributed by atoms with Crippen molar-refractivity contribution in [1.29, 1.82) is 0 Å². The van der Waals surface area contributed by atoms with Crippen LogP contribution in [0.15, 0.2) is 4.99 Å². The zero-order valence-corrected chi connectivity index (χ0v) is 15.9. The van der Waals surface area contributed by atoms with Gasteiger partial charge < -0.3 is 20.3 Å². The predicted molar refractivity (Wildman–Crippen MR) is 102 cm³/mol. The molecule has 1 saturated heterocycles. The molecule has 6 heteroatoms. The number of hydrogen-bond donors (Lipinski definition) is 2. The van der Waals surface area contributed by atoms with Crippen LogP contribution >= 0.6 is 0 Å². The van der Waals surface area contributed by atoms with Crippen LogP contribution in [-0.4, -0.2) is 62.7 Å². The Labute approximate surface area is 152 Å². The van der Waals surface area contributed by atoms with Gasteiger partial charge in [-0.3, -0.25) is 9.79 Å². The zero-order valence-electron chi connectivity index (χ0n) is 15.9. The minimum absolute atomic E-state index is 0.317. The third-order valence-corrected chi connectivity index (χ3v) is 4.68. The van der Waals surface area contributed by atoms with Gasteiger partial charge in [0.25, 0.3) is 0 Å². The molecular formula is C19H36N4O2. The van der Waals surface area contributed by atoms with Crippen molar-refractivity contribution in [2.75, 3.05) is 45.9 Å². The molecule has 0 unspecified atom stereocenters. The van der Waals surface area contributed by atoms with Crippen LogP contribution in [0.25, 0.3) is 0 Å². The Morgan fingerprint density at radius 1 is 1.24 bits per heavy atom. The summed E-state index contributed by atoms with van der Waals surface area (Å²) in [5.74, 6) is 2.02. The number of rotatable bonds is 11. The number of aliphatic imine (C=N–C) groups is 1. The van der Waals surface area contributed by atoms with Crippen LogP contribution in [0.2, 0.25) is 0 Å². The second-order valence-electron chi connectivity index (χ2n) is 7.10. The van der Waals surface area contributed by atoms with Gasteiger partial charge in [0.1, 0.15) is 0 Å². The summed E-state index contributed by atoms with van der Waals surface area (Å²) in [6.45, 7) is 8.06. The molecule has 1 aliphatic heterocycles. The van der Waals surface area contributed by atoms with E-state index in [2.05, 4.69) is 22.5 Å². The largest absolute Gasteiger partial charge is 0.381 e. The minimum atomic E-state index is 0.317. The van der Waals surface area contributed by atoms with Gasteiger partial charge in [0.05, 0.1) is 0 Å². The Hall–Kier alpha value is -1.30. The standard InChI is InChI=1S/C19H36N4O2/c1-2-20-19(22-12-7-15-25-16-17-9-10-17)21-11-6-14-23-13-5-3-4-8-18(23)24/h17H,2-16H2,1H3,(H2,20,21,22). The van der Waals surface area contributed by atoms with Crippen LogP contribution < -0.4 is 10.6 Å². The van der Waals surface area contributed by atoms with Crippen LogP contribution in [0, 0.1) is 5.92 Å². The van der Waals surface area contributed by atoms with E-state index in [4.69, 9.17) is 4.74 Å². The molecule has 2 rings (SSSR count). The average molecular weight is 353 g/mol. The Bertz CT molecular complexity index is 410. The number of hydrogen-bond acceptors (Lipinski definition) is 3. The molecule has 2 fully saturated rings. The Morgan fingerprint density at radius 3 is 2.92 bits per heavy atom. The van der Waals surface area contributed by atoms with Crippen molar-refractivity contribution in [2.45, 2.75) is 58.3 Å². The topological polar surface area (TPSA) is 66.0 Å².